The molecule has 2 aliphatic carbocycles. The van der Waals surface area contributed by atoms with Crippen molar-refractivity contribution in [2.75, 3.05) is 0 Å². The van der Waals surface area contributed by atoms with E-state index in [4.69, 9.17) is 5.73 Å². The third kappa shape index (κ3) is 2.25. The van der Waals surface area contributed by atoms with Gasteiger partial charge in [0, 0.05) is 18.4 Å². The number of pyridine rings is 1. The van der Waals surface area contributed by atoms with Crippen LogP contribution in [-0.2, 0) is 4.79 Å². The topological polar surface area (TPSA) is 68.0 Å². The van der Waals surface area contributed by atoms with E-state index < -0.39 is 0 Å². The Labute approximate surface area is 113 Å². The van der Waals surface area contributed by atoms with E-state index in [2.05, 4.69) is 10.3 Å². The number of fused-ring (bicyclic) bond motifs is 2. The van der Waals surface area contributed by atoms with Gasteiger partial charge in [0.25, 0.3) is 0 Å². The number of nitrogens with zero attached hydrogens (tertiary/aromatic N) is 1. The van der Waals surface area contributed by atoms with Crippen molar-refractivity contribution in [2.45, 2.75) is 38.3 Å². The molecule has 0 spiro atoms. The normalized spacial score (nSPS) is 34.2. The zero-order chi connectivity index (χ0) is 13.4. The molecule has 0 aromatic carbocycles. The summed E-state index contributed by atoms with van der Waals surface area (Å²) in [4.78, 5) is 16.5. The third-order valence-corrected chi connectivity index (χ3v) is 4.83. The van der Waals surface area contributed by atoms with Crippen LogP contribution in [0.1, 0.15) is 37.8 Å². The quantitative estimate of drug-likeness (QED) is 0.867. The van der Waals surface area contributed by atoms with Crippen LogP contribution in [-0.4, -0.2) is 16.9 Å². The number of hydrogen-bond donors (Lipinski definition) is 2. The van der Waals surface area contributed by atoms with E-state index in [0.29, 0.717) is 11.8 Å². The molecule has 0 aliphatic heterocycles. The smallest absolute Gasteiger partial charge is 0.225 e. The van der Waals surface area contributed by atoms with E-state index >= 15 is 0 Å². The zero-order valence-electron chi connectivity index (χ0n) is 11.3. The summed E-state index contributed by atoms with van der Waals surface area (Å²) in [7, 11) is 0. The molecule has 1 amide bonds. The molecular formula is C15H21N3O. The lowest BCUT2D eigenvalue weighted by Crippen LogP contribution is -2.45. The maximum Gasteiger partial charge on any atom is 0.225 e. The summed E-state index contributed by atoms with van der Waals surface area (Å²) in [5.74, 6) is 1.20. The number of carbonyl (C=O) groups is 1. The molecule has 102 valence electrons. The van der Waals surface area contributed by atoms with Crippen molar-refractivity contribution in [3.8, 4) is 0 Å². The van der Waals surface area contributed by atoms with Gasteiger partial charge in [0.2, 0.25) is 5.91 Å². The molecule has 2 saturated carbocycles. The summed E-state index contributed by atoms with van der Waals surface area (Å²) in [6, 6.07) is 3.92. The first-order valence-electron chi connectivity index (χ1n) is 7.12. The van der Waals surface area contributed by atoms with E-state index in [1.807, 2.05) is 19.1 Å². The average Bonchev–Trinajstić information content (AvgIpc) is 3.00. The minimum atomic E-state index is -0.00692. The average molecular weight is 259 g/mol. The van der Waals surface area contributed by atoms with Crippen LogP contribution in [0, 0.1) is 17.8 Å². The van der Waals surface area contributed by atoms with Crippen molar-refractivity contribution in [3.05, 3.63) is 30.1 Å². The summed E-state index contributed by atoms with van der Waals surface area (Å²) in [5.41, 5.74) is 7.24. The van der Waals surface area contributed by atoms with Crippen LogP contribution in [0.15, 0.2) is 24.5 Å². The third-order valence-electron chi connectivity index (χ3n) is 4.83. The van der Waals surface area contributed by atoms with Gasteiger partial charge in [0.05, 0.1) is 12.0 Å². The van der Waals surface area contributed by atoms with Crippen molar-refractivity contribution < 1.29 is 4.79 Å². The van der Waals surface area contributed by atoms with Gasteiger partial charge < -0.3 is 11.1 Å². The molecule has 4 nitrogen and oxygen atoms in total. The summed E-state index contributed by atoms with van der Waals surface area (Å²) in [6.07, 6.45) is 7.04. The van der Waals surface area contributed by atoms with E-state index in [-0.39, 0.29) is 23.9 Å². The summed E-state index contributed by atoms with van der Waals surface area (Å²) in [5, 5.41) is 3.09. The molecule has 5 atom stereocenters. The molecule has 1 heterocycles. The Morgan fingerprint density at radius 2 is 2.26 bits per heavy atom. The van der Waals surface area contributed by atoms with E-state index in [9.17, 15) is 4.79 Å². The Balaban J connectivity index is 1.66. The fourth-order valence-electron chi connectivity index (χ4n) is 3.75. The van der Waals surface area contributed by atoms with Crippen molar-refractivity contribution in [1.82, 2.24) is 10.3 Å². The molecule has 4 unspecified atom stereocenters. The number of aromatic nitrogens is 1. The van der Waals surface area contributed by atoms with Gasteiger partial charge in [-0.2, -0.15) is 0 Å². The second-order valence-corrected chi connectivity index (χ2v) is 5.95. The molecule has 2 fully saturated rings. The van der Waals surface area contributed by atoms with Crippen molar-refractivity contribution in [1.29, 1.82) is 0 Å². The maximum atomic E-state index is 12.4. The lowest BCUT2D eigenvalue weighted by atomic mass is 9.84. The van der Waals surface area contributed by atoms with Crippen molar-refractivity contribution in [3.63, 3.8) is 0 Å². The minimum absolute atomic E-state index is 0.00692. The second kappa shape index (κ2) is 4.93. The first-order valence-corrected chi connectivity index (χ1v) is 7.12. The molecule has 2 aliphatic rings. The van der Waals surface area contributed by atoms with Crippen LogP contribution in [0.25, 0.3) is 0 Å². The van der Waals surface area contributed by atoms with Crippen LogP contribution in [0.4, 0.5) is 0 Å². The van der Waals surface area contributed by atoms with Gasteiger partial charge in [-0.05, 0) is 49.7 Å². The highest BCUT2D eigenvalue weighted by Crippen LogP contribution is 2.47. The molecular weight excluding hydrogens is 238 g/mol. The summed E-state index contributed by atoms with van der Waals surface area (Å²) >= 11 is 0. The molecule has 0 saturated heterocycles. The van der Waals surface area contributed by atoms with Crippen LogP contribution >= 0.6 is 0 Å². The molecule has 0 radical (unpaired) electrons. The van der Waals surface area contributed by atoms with Gasteiger partial charge in [-0.15, -0.1) is 0 Å². The molecule has 19 heavy (non-hydrogen) atoms. The largest absolute Gasteiger partial charge is 0.349 e. The highest BCUT2D eigenvalue weighted by Gasteiger charge is 2.49. The van der Waals surface area contributed by atoms with Gasteiger partial charge >= 0.3 is 0 Å². The number of nitrogens with two attached hydrogens (primary N) is 1. The molecule has 1 aromatic rings. The summed E-state index contributed by atoms with van der Waals surface area (Å²) in [6.45, 7) is 1.99. The van der Waals surface area contributed by atoms with Gasteiger partial charge in [-0.1, -0.05) is 6.07 Å². The van der Waals surface area contributed by atoms with Crippen LogP contribution in [0.3, 0.4) is 0 Å². The van der Waals surface area contributed by atoms with Crippen molar-refractivity contribution in [2.24, 2.45) is 23.5 Å². The fourth-order valence-corrected chi connectivity index (χ4v) is 3.75. The number of hydrogen-bond acceptors (Lipinski definition) is 3. The predicted molar refractivity (Wildman–Crippen MR) is 73.1 cm³/mol. The van der Waals surface area contributed by atoms with Gasteiger partial charge in [-0.25, -0.2) is 0 Å². The lowest BCUT2D eigenvalue weighted by Gasteiger charge is -2.28. The highest BCUT2D eigenvalue weighted by molar-refractivity contribution is 5.80. The first kappa shape index (κ1) is 12.6. The maximum absolute atomic E-state index is 12.4. The van der Waals surface area contributed by atoms with Gasteiger partial charge in [0.15, 0.2) is 0 Å². The molecule has 1 aromatic heterocycles. The van der Waals surface area contributed by atoms with Crippen LogP contribution in [0.2, 0.25) is 0 Å². The second-order valence-electron chi connectivity index (χ2n) is 5.95. The molecule has 2 bridgehead atoms. The lowest BCUT2D eigenvalue weighted by molar-refractivity contribution is -0.127. The summed E-state index contributed by atoms with van der Waals surface area (Å²) < 4.78 is 0. The number of carbonyl (C=O) groups excluding carboxylic acids is 1. The minimum Gasteiger partial charge on any atom is -0.349 e. The Kier molecular flexibility index (Phi) is 3.27. The Bertz CT molecular complexity index is 460. The Morgan fingerprint density at radius 1 is 1.47 bits per heavy atom. The van der Waals surface area contributed by atoms with Crippen LogP contribution < -0.4 is 11.1 Å². The van der Waals surface area contributed by atoms with Gasteiger partial charge in [-0.3, -0.25) is 9.78 Å². The van der Waals surface area contributed by atoms with E-state index in [1.165, 1.54) is 6.42 Å². The number of nitrogens with one attached hydrogen (secondary N) is 1. The Hall–Kier alpha value is -1.42. The zero-order valence-corrected chi connectivity index (χ0v) is 11.3. The standard InChI is InChI=1S/C15H21N3O/c1-9(12-3-2-6-17-8-12)18-15(19)13-10-4-5-11(7-10)14(13)16/h2-3,6,8-11,13-14H,4-5,7,16H2,1H3,(H,18,19)/t9-,10?,11?,13?,14?/m0/s1. The molecule has 3 rings (SSSR count). The number of rotatable bonds is 3. The first-order chi connectivity index (χ1) is 9.16. The Morgan fingerprint density at radius 3 is 2.89 bits per heavy atom. The molecule has 3 N–H and O–H groups in total. The van der Waals surface area contributed by atoms with Gasteiger partial charge in [0.1, 0.15) is 0 Å². The van der Waals surface area contributed by atoms with E-state index in [1.54, 1.807) is 12.4 Å². The predicted octanol–water partition coefficient (Wildman–Crippen LogP) is 1.63. The van der Waals surface area contributed by atoms with Crippen LogP contribution in [0.5, 0.6) is 0 Å². The monoisotopic (exact) mass is 259 g/mol. The van der Waals surface area contributed by atoms with Crippen molar-refractivity contribution >= 4 is 5.91 Å². The SMILES string of the molecule is C[C@H](NC(=O)C1C2CCC(C2)C1N)c1cccnc1. The fraction of sp³-hybridized carbons (Fsp3) is 0.600. The van der Waals surface area contributed by atoms with E-state index in [0.717, 1.165) is 18.4 Å². The molecule has 4 heteroatoms. The number of amides is 1. The highest BCUT2D eigenvalue weighted by atomic mass is 16.2.